The van der Waals surface area contributed by atoms with E-state index < -0.39 is 0 Å². The van der Waals surface area contributed by atoms with Crippen LogP contribution in [0.3, 0.4) is 0 Å². The molecule has 0 saturated carbocycles. The van der Waals surface area contributed by atoms with Gasteiger partial charge in [-0.15, -0.1) is 6.42 Å². The van der Waals surface area contributed by atoms with Crippen LogP contribution in [0.5, 0.6) is 0 Å². The summed E-state index contributed by atoms with van der Waals surface area (Å²) >= 11 is 0. The standard InChI is InChI=1S/C15H19BO2/c1-7-12-9-8-10-13(11(12)2)16-17-14(3,4)15(5,6)18-16/h1,8-10H,2-6H3. The maximum Gasteiger partial charge on any atom is 0.495 e. The normalized spacial score (nSPS) is 20.8. The minimum Gasteiger partial charge on any atom is -0.399 e. The van der Waals surface area contributed by atoms with E-state index in [2.05, 4.69) is 5.92 Å². The molecule has 1 saturated heterocycles. The summed E-state index contributed by atoms with van der Waals surface area (Å²) in [5.41, 5.74) is 2.32. The van der Waals surface area contributed by atoms with Crippen LogP contribution >= 0.6 is 0 Å². The summed E-state index contributed by atoms with van der Waals surface area (Å²) < 4.78 is 12.1. The van der Waals surface area contributed by atoms with E-state index >= 15 is 0 Å². The maximum atomic E-state index is 6.04. The first-order chi connectivity index (χ1) is 8.28. The second kappa shape index (κ2) is 4.15. The van der Waals surface area contributed by atoms with Crippen LogP contribution in [0.15, 0.2) is 18.2 Å². The van der Waals surface area contributed by atoms with E-state index in [4.69, 9.17) is 15.7 Å². The number of benzene rings is 1. The third-order valence-electron chi connectivity index (χ3n) is 4.04. The quantitative estimate of drug-likeness (QED) is 0.555. The summed E-state index contributed by atoms with van der Waals surface area (Å²) in [6, 6.07) is 5.89. The third kappa shape index (κ3) is 1.96. The van der Waals surface area contributed by atoms with Crippen LogP contribution in [0.4, 0.5) is 0 Å². The molecule has 0 amide bonds. The van der Waals surface area contributed by atoms with Crippen molar-refractivity contribution in [2.75, 3.05) is 0 Å². The van der Waals surface area contributed by atoms with Crippen molar-refractivity contribution in [3.05, 3.63) is 29.3 Å². The molecular weight excluding hydrogens is 223 g/mol. The summed E-state index contributed by atoms with van der Waals surface area (Å²) in [5.74, 6) is 2.69. The molecule has 0 N–H and O–H groups in total. The Labute approximate surface area is 110 Å². The molecule has 1 aromatic carbocycles. The lowest BCUT2D eigenvalue weighted by atomic mass is 9.75. The average molecular weight is 242 g/mol. The average Bonchev–Trinajstić information content (AvgIpc) is 2.48. The maximum absolute atomic E-state index is 6.04. The molecule has 1 aliphatic rings. The Morgan fingerprint density at radius 2 is 1.67 bits per heavy atom. The van der Waals surface area contributed by atoms with Crippen LogP contribution in [-0.4, -0.2) is 18.3 Å². The largest absolute Gasteiger partial charge is 0.495 e. The Kier molecular flexibility index (Phi) is 3.05. The molecule has 0 aromatic heterocycles. The minimum absolute atomic E-state index is 0.323. The third-order valence-corrected chi connectivity index (χ3v) is 4.04. The van der Waals surface area contributed by atoms with E-state index in [-0.39, 0.29) is 18.3 Å². The second-order valence-electron chi connectivity index (χ2n) is 5.75. The fraction of sp³-hybridized carbons (Fsp3) is 0.467. The van der Waals surface area contributed by atoms with Gasteiger partial charge in [-0.3, -0.25) is 0 Å². The van der Waals surface area contributed by atoms with Gasteiger partial charge in [0.15, 0.2) is 0 Å². The molecule has 1 heterocycles. The number of hydrogen-bond acceptors (Lipinski definition) is 2. The van der Waals surface area contributed by atoms with Crippen LogP contribution in [0.25, 0.3) is 0 Å². The first-order valence-corrected chi connectivity index (χ1v) is 6.20. The molecule has 1 aliphatic heterocycles. The van der Waals surface area contributed by atoms with Crippen molar-refractivity contribution < 1.29 is 9.31 Å². The van der Waals surface area contributed by atoms with E-state index in [0.717, 1.165) is 16.6 Å². The van der Waals surface area contributed by atoms with Gasteiger partial charge in [-0.05, 0) is 51.7 Å². The van der Waals surface area contributed by atoms with Gasteiger partial charge in [-0.1, -0.05) is 18.1 Å². The van der Waals surface area contributed by atoms with Gasteiger partial charge in [0.1, 0.15) is 0 Å². The zero-order chi connectivity index (χ0) is 13.6. The first-order valence-electron chi connectivity index (χ1n) is 6.20. The molecule has 3 heteroatoms. The van der Waals surface area contributed by atoms with Crippen LogP contribution < -0.4 is 5.46 Å². The van der Waals surface area contributed by atoms with E-state index in [1.165, 1.54) is 0 Å². The molecular formula is C15H19BO2. The van der Waals surface area contributed by atoms with Gasteiger partial charge in [-0.25, -0.2) is 0 Å². The molecule has 2 rings (SSSR count). The fourth-order valence-corrected chi connectivity index (χ4v) is 2.04. The van der Waals surface area contributed by atoms with Crippen LogP contribution in [0, 0.1) is 19.3 Å². The SMILES string of the molecule is C#Cc1cccc(B2OC(C)(C)C(C)(C)O2)c1C. The highest BCUT2D eigenvalue weighted by Crippen LogP contribution is 2.36. The lowest BCUT2D eigenvalue weighted by Crippen LogP contribution is -2.41. The highest BCUT2D eigenvalue weighted by atomic mass is 16.7. The highest BCUT2D eigenvalue weighted by Gasteiger charge is 2.52. The van der Waals surface area contributed by atoms with Gasteiger partial charge in [0.05, 0.1) is 11.2 Å². The summed E-state index contributed by atoms with van der Waals surface area (Å²) in [4.78, 5) is 0. The van der Waals surface area contributed by atoms with Crippen molar-refractivity contribution in [3.8, 4) is 12.3 Å². The fourth-order valence-electron chi connectivity index (χ4n) is 2.04. The molecule has 0 spiro atoms. The first kappa shape index (κ1) is 13.2. The Hall–Kier alpha value is -1.24. The van der Waals surface area contributed by atoms with Crippen molar-refractivity contribution in [2.24, 2.45) is 0 Å². The minimum atomic E-state index is -0.344. The number of terminal acetylenes is 1. The van der Waals surface area contributed by atoms with Crippen molar-refractivity contribution in [1.29, 1.82) is 0 Å². The smallest absolute Gasteiger partial charge is 0.399 e. The van der Waals surface area contributed by atoms with Crippen LogP contribution in [0.2, 0.25) is 0 Å². The van der Waals surface area contributed by atoms with E-state index in [9.17, 15) is 0 Å². The Morgan fingerprint density at radius 3 is 2.17 bits per heavy atom. The Morgan fingerprint density at radius 1 is 1.11 bits per heavy atom. The molecule has 0 bridgehead atoms. The molecule has 2 nitrogen and oxygen atoms in total. The van der Waals surface area contributed by atoms with Gasteiger partial charge in [-0.2, -0.15) is 0 Å². The van der Waals surface area contributed by atoms with Crippen molar-refractivity contribution in [3.63, 3.8) is 0 Å². The number of rotatable bonds is 1. The van der Waals surface area contributed by atoms with Gasteiger partial charge in [0.25, 0.3) is 0 Å². The summed E-state index contributed by atoms with van der Waals surface area (Å²) in [5, 5.41) is 0. The van der Waals surface area contributed by atoms with Crippen molar-refractivity contribution >= 4 is 12.6 Å². The summed E-state index contributed by atoms with van der Waals surface area (Å²) in [6.07, 6.45) is 5.49. The summed E-state index contributed by atoms with van der Waals surface area (Å²) in [6.45, 7) is 10.2. The van der Waals surface area contributed by atoms with Crippen LogP contribution in [0.1, 0.15) is 38.8 Å². The van der Waals surface area contributed by atoms with Gasteiger partial charge in [0.2, 0.25) is 0 Å². The van der Waals surface area contributed by atoms with Crippen molar-refractivity contribution in [1.82, 2.24) is 0 Å². The van der Waals surface area contributed by atoms with E-state index in [1.807, 2.05) is 52.8 Å². The Balaban J connectivity index is 2.39. The van der Waals surface area contributed by atoms with Crippen LogP contribution in [-0.2, 0) is 9.31 Å². The van der Waals surface area contributed by atoms with Gasteiger partial charge < -0.3 is 9.31 Å². The second-order valence-corrected chi connectivity index (χ2v) is 5.75. The van der Waals surface area contributed by atoms with Crippen molar-refractivity contribution in [2.45, 2.75) is 45.8 Å². The number of hydrogen-bond donors (Lipinski definition) is 0. The Bertz CT molecular complexity index is 496. The predicted octanol–water partition coefficient (Wildman–Crippen LogP) is 2.28. The molecule has 94 valence electrons. The topological polar surface area (TPSA) is 18.5 Å². The lowest BCUT2D eigenvalue weighted by Gasteiger charge is -2.32. The van der Waals surface area contributed by atoms with E-state index in [1.54, 1.807) is 0 Å². The molecule has 0 unspecified atom stereocenters. The predicted molar refractivity (Wildman–Crippen MR) is 74.8 cm³/mol. The van der Waals surface area contributed by atoms with E-state index in [0.29, 0.717) is 0 Å². The zero-order valence-corrected chi connectivity index (χ0v) is 11.7. The lowest BCUT2D eigenvalue weighted by molar-refractivity contribution is 0.00578. The molecule has 0 aliphatic carbocycles. The van der Waals surface area contributed by atoms with Gasteiger partial charge in [0, 0.05) is 5.56 Å². The molecule has 18 heavy (non-hydrogen) atoms. The summed E-state index contributed by atoms with van der Waals surface area (Å²) in [7, 11) is -0.344. The monoisotopic (exact) mass is 242 g/mol. The molecule has 1 fully saturated rings. The highest BCUT2D eigenvalue weighted by molar-refractivity contribution is 6.62. The molecule has 1 aromatic rings. The molecule has 0 atom stereocenters. The van der Waals surface area contributed by atoms with Gasteiger partial charge >= 0.3 is 7.12 Å². The zero-order valence-electron chi connectivity index (χ0n) is 11.7. The molecule has 0 radical (unpaired) electrons.